The highest BCUT2D eigenvalue weighted by atomic mass is 16.1. The fraction of sp³-hybridized carbons (Fsp3) is 0.238. The molecule has 4 aromatic rings. The van der Waals surface area contributed by atoms with Crippen molar-refractivity contribution in [3.8, 4) is 0 Å². The number of rotatable bonds is 3. The van der Waals surface area contributed by atoms with Crippen LogP contribution in [0.15, 0.2) is 59.7 Å². The Kier molecular flexibility index (Phi) is 3.43. The molecule has 0 unspecified atom stereocenters. The molecule has 2 aromatic carbocycles. The van der Waals surface area contributed by atoms with E-state index in [0.29, 0.717) is 5.39 Å². The van der Waals surface area contributed by atoms with Crippen LogP contribution in [0, 0.1) is 6.92 Å². The molecule has 0 bridgehead atoms. The third-order valence-corrected chi connectivity index (χ3v) is 5.25. The van der Waals surface area contributed by atoms with E-state index in [1.807, 2.05) is 24.3 Å². The van der Waals surface area contributed by atoms with Gasteiger partial charge in [-0.15, -0.1) is 0 Å². The minimum absolute atomic E-state index is 0.0568. The van der Waals surface area contributed by atoms with Crippen LogP contribution < -0.4 is 5.56 Å². The molecule has 5 rings (SSSR count). The van der Waals surface area contributed by atoms with Gasteiger partial charge in [0.25, 0.3) is 5.56 Å². The Morgan fingerprint density at radius 3 is 2.88 bits per heavy atom. The molecular weight excluding hydrogens is 324 g/mol. The topological polar surface area (TPSA) is 53.9 Å². The molecule has 1 fully saturated rings. The van der Waals surface area contributed by atoms with E-state index in [1.54, 1.807) is 10.9 Å². The van der Waals surface area contributed by atoms with Crippen LogP contribution in [-0.2, 0) is 6.54 Å². The van der Waals surface area contributed by atoms with Crippen LogP contribution in [0.2, 0.25) is 0 Å². The lowest BCUT2D eigenvalue weighted by Crippen LogP contribution is -2.49. The first-order chi connectivity index (χ1) is 12.7. The molecule has 26 heavy (non-hydrogen) atoms. The van der Waals surface area contributed by atoms with Crippen LogP contribution in [0.3, 0.4) is 0 Å². The zero-order chi connectivity index (χ0) is 17.7. The highest BCUT2D eigenvalue weighted by molar-refractivity contribution is 5.81. The molecule has 0 aliphatic carbocycles. The first-order valence-corrected chi connectivity index (χ1v) is 8.94. The predicted molar refractivity (Wildman–Crippen MR) is 103 cm³/mol. The van der Waals surface area contributed by atoms with Gasteiger partial charge in [-0.2, -0.15) is 0 Å². The molecule has 1 aliphatic heterocycles. The zero-order valence-corrected chi connectivity index (χ0v) is 14.6. The van der Waals surface area contributed by atoms with E-state index in [-0.39, 0.29) is 11.6 Å². The van der Waals surface area contributed by atoms with Crippen molar-refractivity contribution < 1.29 is 0 Å². The van der Waals surface area contributed by atoms with E-state index in [9.17, 15) is 4.79 Å². The standard InChI is InChI=1S/C21H20N4O/c1-14-6-7-15-9-16(23-20(15)8-14)10-24-11-17(12-24)25-13-22-19-5-3-2-4-18(19)21(25)26/h2-9,13,17,23H,10-12H2,1H3. The second kappa shape index (κ2) is 5.81. The summed E-state index contributed by atoms with van der Waals surface area (Å²) < 4.78 is 1.79. The van der Waals surface area contributed by atoms with E-state index in [0.717, 1.165) is 25.2 Å². The van der Waals surface area contributed by atoms with Gasteiger partial charge in [0.15, 0.2) is 0 Å². The van der Waals surface area contributed by atoms with Crippen LogP contribution in [0.1, 0.15) is 17.3 Å². The van der Waals surface area contributed by atoms with Crippen LogP contribution in [0.4, 0.5) is 0 Å². The van der Waals surface area contributed by atoms with Gasteiger partial charge < -0.3 is 4.98 Å². The number of hydrogen-bond donors (Lipinski definition) is 1. The minimum atomic E-state index is 0.0568. The summed E-state index contributed by atoms with van der Waals surface area (Å²) in [6.07, 6.45) is 1.69. The van der Waals surface area contributed by atoms with Crippen molar-refractivity contribution in [1.29, 1.82) is 0 Å². The molecule has 1 N–H and O–H groups in total. The number of hydrogen-bond acceptors (Lipinski definition) is 3. The number of nitrogens with one attached hydrogen (secondary N) is 1. The molecule has 0 spiro atoms. The van der Waals surface area contributed by atoms with Crippen molar-refractivity contribution in [2.75, 3.05) is 13.1 Å². The molecular formula is C21H20N4O. The van der Waals surface area contributed by atoms with Crippen molar-refractivity contribution in [1.82, 2.24) is 19.4 Å². The normalized spacial score (nSPS) is 15.6. The van der Waals surface area contributed by atoms with Crippen molar-refractivity contribution in [3.05, 3.63) is 76.5 Å². The number of benzene rings is 2. The number of likely N-dealkylation sites (tertiary alicyclic amines) is 1. The Morgan fingerprint density at radius 1 is 1.15 bits per heavy atom. The molecule has 5 nitrogen and oxygen atoms in total. The maximum absolute atomic E-state index is 12.7. The van der Waals surface area contributed by atoms with Gasteiger partial charge in [0, 0.05) is 30.8 Å². The Balaban J connectivity index is 1.32. The SMILES string of the molecule is Cc1ccc2cc(CN3CC(n4cnc5ccccc5c4=O)C3)[nH]c2c1. The first kappa shape index (κ1) is 15.3. The van der Waals surface area contributed by atoms with Gasteiger partial charge in [0.05, 0.1) is 23.3 Å². The number of para-hydroxylation sites is 1. The number of aryl methyl sites for hydroxylation is 1. The molecule has 0 radical (unpaired) electrons. The quantitative estimate of drug-likeness (QED) is 0.621. The molecule has 0 atom stereocenters. The highest BCUT2D eigenvalue weighted by Gasteiger charge is 2.29. The van der Waals surface area contributed by atoms with Crippen LogP contribution in [-0.4, -0.2) is 32.5 Å². The summed E-state index contributed by atoms with van der Waals surface area (Å²) >= 11 is 0. The number of aromatic nitrogens is 3. The number of fused-ring (bicyclic) bond motifs is 2. The van der Waals surface area contributed by atoms with E-state index in [1.165, 1.54) is 22.2 Å². The Bertz CT molecular complexity index is 1170. The van der Waals surface area contributed by atoms with Gasteiger partial charge >= 0.3 is 0 Å². The maximum atomic E-state index is 12.7. The Labute approximate surface area is 150 Å². The summed E-state index contributed by atoms with van der Waals surface area (Å²) in [6.45, 7) is 4.72. The second-order valence-corrected chi connectivity index (χ2v) is 7.21. The summed E-state index contributed by atoms with van der Waals surface area (Å²) in [4.78, 5) is 23.0. The lowest BCUT2D eigenvalue weighted by molar-refractivity contribution is 0.0952. The van der Waals surface area contributed by atoms with E-state index in [2.05, 4.69) is 46.1 Å². The zero-order valence-electron chi connectivity index (χ0n) is 14.6. The predicted octanol–water partition coefficient (Wildman–Crippen LogP) is 3.24. The summed E-state index contributed by atoms with van der Waals surface area (Å²) in [5.41, 5.74) is 4.48. The van der Waals surface area contributed by atoms with Crippen molar-refractivity contribution in [2.45, 2.75) is 19.5 Å². The second-order valence-electron chi connectivity index (χ2n) is 7.21. The molecule has 0 amide bonds. The molecule has 1 saturated heterocycles. The third kappa shape index (κ3) is 2.52. The van der Waals surface area contributed by atoms with E-state index >= 15 is 0 Å². The summed E-state index contributed by atoms with van der Waals surface area (Å²) in [6, 6.07) is 16.4. The van der Waals surface area contributed by atoms with Crippen molar-refractivity contribution in [2.24, 2.45) is 0 Å². The first-order valence-electron chi connectivity index (χ1n) is 8.94. The number of nitrogens with zero attached hydrogens (tertiary/aromatic N) is 3. The van der Waals surface area contributed by atoms with E-state index in [4.69, 9.17) is 0 Å². The fourth-order valence-corrected chi connectivity index (χ4v) is 3.82. The van der Waals surface area contributed by atoms with Crippen molar-refractivity contribution in [3.63, 3.8) is 0 Å². The Hall–Kier alpha value is -2.92. The van der Waals surface area contributed by atoms with Crippen LogP contribution in [0.5, 0.6) is 0 Å². The minimum Gasteiger partial charge on any atom is -0.357 e. The lowest BCUT2D eigenvalue weighted by atomic mass is 10.1. The van der Waals surface area contributed by atoms with Gasteiger partial charge in [0.2, 0.25) is 0 Å². The highest BCUT2D eigenvalue weighted by Crippen LogP contribution is 2.24. The van der Waals surface area contributed by atoms with Gasteiger partial charge in [-0.3, -0.25) is 14.3 Å². The van der Waals surface area contributed by atoms with Crippen LogP contribution >= 0.6 is 0 Å². The number of H-pyrrole nitrogens is 1. The Morgan fingerprint density at radius 2 is 2.00 bits per heavy atom. The summed E-state index contributed by atoms with van der Waals surface area (Å²) in [5.74, 6) is 0. The summed E-state index contributed by atoms with van der Waals surface area (Å²) in [5, 5.41) is 1.94. The third-order valence-electron chi connectivity index (χ3n) is 5.25. The molecule has 130 valence electrons. The molecule has 3 heterocycles. The average molecular weight is 344 g/mol. The molecule has 2 aromatic heterocycles. The van der Waals surface area contributed by atoms with E-state index < -0.39 is 0 Å². The smallest absolute Gasteiger partial charge is 0.261 e. The van der Waals surface area contributed by atoms with Gasteiger partial charge in [0.1, 0.15) is 0 Å². The van der Waals surface area contributed by atoms with Crippen molar-refractivity contribution >= 4 is 21.8 Å². The van der Waals surface area contributed by atoms with Gasteiger partial charge in [-0.25, -0.2) is 4.98 Å². The maximum Gasteiger partial charge on any atom is 0.261 e. The molecule has 0 saturated carbocycles. The van der Waals surface area contributed by atoms with Crippen LogP contribution in [0.25, 0.3) is 21.8 Å². The lowest BCUT2D eigenvalue weighted by Gasteiger charge is -2.39. The molecule has 5 heteroatoms. The monoisotopic (exact) mass is 344 g/mol. The fourth-order valence-electron chi connectivity index (χ4n) is 3.82. The van der Waals surface area contributed by atoms with Gasteiger partial charge in [-0.05, 0) is 42.1 Å². The molecule has 1 aliphatic rings. The summed E-state index contributed by atoms with van der Waals surface area (Å²) in [7, 11) is 0. The largest absolute Gasteiger partial charge is 0.357 e. The number of aromatic amines is 1. The average Bonchev–Trinajstić information content (AvgIpc) is 3.00. The van der Waals surface area contributed by atoms with Gasteiger partial charge in [-0.1, -0.05) is 24.3 Å².